The van der Waals surface area contributed by atoms with E-state index in [1.165, 1.54) is 12.1 Å². The monoisotopic (exact) mass is 290 g/mol. The Bertz CT molecular complexity index is 685. The largest absolute Gasteiger partial charge is 0.297 e. The third-order valence-electron chi connectivity index (χ3n) is 3.22. The maximum atomic E-state index is 13.5. The zero-order valence-electron chi connectivity index (χ0n) is 11.0. The molecule has 1 atom stereocenters. The Labute approximate surface area is 120 Å². The molecule has 0 fully saturated rings. The molecule has 3 N–H and O–H groups in total. The van der Waals surface area contributed by atoms with Crippen molar-refractivity contribution in [1.29, 1.82) is 0 Å². The molecule has 20 heavy (non-hydrogen) atoms. The number of aromatic nitrogens is 2. The molecule has 0 aliphatic rings. The van der Waals surface area contributed by atoms with Gasteiger partial charge in [0.1, 0.15) is 5.82 Å². The number of halogens is 1. The highest BCUT2D eigenvalue weighted by molar-refractivity contribution is 7.15. The van der Waals surface area contributed by atoms with Gasteiger partial charge in [0.05, 0.1) is 11.7 Å². The minimum Gasteiger partial charge on any atom is -0.297 e. The predicted octanol–water partition coefficient (Wildman–Crippen LogP) is 2.59. The number of rotatable bonds is 4. The molecule has 1 aromatic carbocycles. The summed E-state index contributed by atoms with van der Waals surface area (Å²) in [5.41, 5.74) is 5.39. The third-order valence-corrected chi connectivity index (χ3v) is 4.00. The first-order chi connectivity index (χ1) is 9.65. The smallest absolute Gasteiger partial charge is 0.193 e. The van der Waals surface area contributed by atoms with Gasteiger partial charge >= 0.3 is 0 Å². The van der Waals surface area contributed by atoms with Gasteiger partial charge in [-0.05, 0) is 30.2 Å². The van der Waals surface area contributed by atoms with E-state index >= 15 is 0 Å². The van der Waals surface area contributed by atoms with Gasteiger partial charge in [-0.2, -0.15) is 0 Å². The Kier molecular flexibility index (Phi) is 3.52. The van der Waals surface area contributed by atoms with Crippen molar-refractivity contribution >= 4 is 16.3 Å². The predicted molar refractivity (Wildman–Crippen MR) is 78.0 cm³/mol. The average molecular weight is 290 g/mol. The maximum Gasteiger partial charge on any atom is 0.193 e. The number of fused-ring (bicyclic) bond motifs is 1. The van der Waals surface area contributed by atoms with Crippen LogP contribution >= 0.6 is 11.3 Å². The van der Waals surface area contributed by atoms with Crippen LogP contribution in [0, 0.1) is 12.7 Å². The summed E-state index contributed by atoms with van der Waals surface area (Å²) in [7, 11) is 0. The second-order valence-corrected chi connectivity index (χ2v) is 5.68. The first-order valence-electron chi connectivity index (χ1n) is 6.30. The number of nitrogens with one attached hydrogen (secondary N) is 1. The lowest BCUT2D eigenvalue weighted by Crippen LogP contribution is -2.29. The lowest BCUT2D eigenvalue weighted by atomic mass is 10.0. The number of benzene rings is 1. The van der Waals surface area contributed by atoms with Crippen molar-refractivity contribution in [3.63, 3.8) is 0 Å². The molecule has 6 heteroatoms. The fourth-order valence-corrected chi connectivity index (χ4v) is 3.04. The summed E-state index contributed by atoms with van der Waals surface area (Å²) in [4.78, 5) is 5.47. The molecular weight excluding hydrogens is 275 g/mol. The second-order valence-electron chi connectivity index (χ2n) is 4.81. The molecule has 0 saturated heterocycles. The summed E-state index contributed by atoms with van der Waals surface area (Å²) in [6.07, 6.45) is 4.56. The van der Waals surface area contributed by atoms with Gasteiger partial charge in [0, 0.05) is 24.2 Å². The van der Waals surface area contributed by atoms with E-state index in [0.717, 1.165) is 21.8 Å². The molecule has 1 unspecified atom stereocenters. The minimum atomic E-state index is -0.244. The number of hydrogen-bond acceptors (Lipinski definition) is 4. The molecular formula is C14H15FN4S. The van der Waals surface area contributed by atoms with Crippen molar-refractivity contribution in [2.75, 3.05) is 0 Å². The number of aryl methyl sites for hydroxylation is 1. The van der Waals surface area contributed by atoms with Crippen molar-refractivity contribution in [3.8, 4) is 0 Å². The fraction of sp³-hybridized carbons (Fsp3) is 0.214. The summed E-state index contributed by atoms with van der Waals surface area (Å²) in [5.74, 6) is 5.37. The Balaban J connectivity index is 1.87. The zero-order chi connectivity index (χ0) is 14.1. The van der Waals surface area contributed by atoms with E-state index < -0.39 is 0 Å². The molecule has 3 rings (SSSR count). The minimum absolute atomic E-state index is 0.158. The number of thiazole rings is 1. The van der Waals surface area contributed by atoms with Crippen LogP contribution in [0.4, 0.5) is 4.39 Å². The van der Waals surface area contributed by atoms with E-state index in [1.807, 2.05) is 35.2 Å². The van der Waals surface area contributed by atoms with E-state index in [9.17, 15) is 4.39 Å². The fourth-order valence-electron chi connectivity index (χ4n) is 2.32. The summed E-state index contributed by atoms with van der Waals surface area (Å²) in [6, 6.07) is 4.79. The summed E-state index contributed by atoms with van der Waals surface area (Å²) >= 11 is 1.58. The van der Waals surface area contributed by atoms with Crippen molar-refractivity contribution < 1.29 is 4.39 Å². The lowest BCUT2D eigenvalue weighted by Gasteiger charge is -2.15. The van der Waals surface area contributed by atoms with Gasteiger partial charge in [-0.1, -0.05) is 6.07 Å². The quantitative estimate of drug-likeness (QED) is 0.573. The van der Waals surface area contributed by atoms with Crippen LogP contribution in [-0.4, -0.2) is 9.38 Å². The molecule has 0 amide bonds. The maximum absolute atomic E-state index is 13.5. The van der Waals surface area contributed by atoms with E-state index in [2.05, 4.69) is 10.4 Å². The third kappa shape index (κ3) is 2.58. The first-order valence-corrected chi connectivity index (χ1v) is 7.18. The highest BCUT2D eigenvalue weighted by Crippen LogP contribution is 2.21. The summed E-state index contributed by atoms with van der Waals surface area (Å²) in [5, 5.41) is 1.99. The van der Waals surface area contributed by atoms with Crippen LogP contribution < -0.4 is 11.3 Å². The topological polar surface area (TPSA) is 55.3 Å². The first kappa shape index (κ1) is 13.2. The average Bonchev–Trinajstić information content (AvgIpc) is 2.95. The number of nitrogens with zero attached hydrogens (tertiary/aromatic N) is 2. The van der Waals surface area contributed by atoms with E-state index in [1.54, 1.807) is 11.3 Å². The van der Waals surface area contributed by atoms with Crippen LogP contribution in [0.2, 0.25) is 0 Å². The van der Waals surface area contributed by atoms with Gasteiger partial charge in [0.25, 0.3) is 0 Å². The second kappa shape index (κ2) is 5.32. The SMILES string of the molecule is Cc1cc(F)cc(C(Cc2cn3ccsc3n2)NN)c1. The van der Waals surface area contributed by atoms with Crippen molar-refractivity contribution in [3.05, 3.63) is 58.6 Å². The molecule has 104 valence electrons. The van der Waals surface area contributed by atoms with Gasteiger partial charge in [0.15, 0.2) is 4.96 Å². The number of nitrogens with two attached hydrogens (primary N) is 1. The Morgan fingerprint density at radius 3 is 3.00 bits per heavy atom. The standard InChI is InChI=1S/C14H15FN4S/c1-9-4-10(6-11(15)5-9)13(18-16)7-12-8-19-2-3-20-14(19)17-12/h2-6,8,13,18H,7,16H2,1H3. The van der Waals surface area contributed by atoms with Crippen LogP contribution in [-0.2, 0) is 6.42 Å². The van der Waals surface area contributed by atoms with Gasteiger partial charge in [-0.25, -0.2) is 9.37 Å². The molecule has 4 nitrogen and oxygen atoms in total. The molecule has 0 aliphatic heterocycles. The summed E-state index contributed by atoms with van der Waals surface area (Å²) in [6.45, 7) is 1.87. The molecule has 0 radical (unpaired) electrons. The van der Waals surface area contributed by atoms with Gasteiger partial charge < -0.3 is 0 Å². The zero-order valence-corrected chi connectivity index (χ0v) is 11.8. The van der Waals surface area contributed by atoms with E-state index in [-0.39, 0.29) is 11.9 Å². The van der Waals surface area contributed by atoms with Crippen molar-refractivity contribution in [2.45, 2.75) is 19.4 Å². The number of imidazole rings is 1. The Morgan fingerprint density at radius 1 is 1.45 bits per heavy atom. The van der Waals surface area contributed by atoms with Gasteiger partial charge in [0.2, 0.25) is 0 Å². The molecule has 0 saturated carbocycles. The van der Waals surface area contributed by atoms with Crippen molar-refractivity contribution in [2.24, 2.45) is 5.84 Å². The Morgan fingerprint density at radius 2 is 2.30 bits per heavy atom. The van der Waals surface area contributed by atoms with Crippen LogP contribution in [0.15, 0.2) is 36.0 Å². The molecule has 0 spiro atoms. The normalized spacial score (nSPS) is 12.9. The molecule has 2 heterocycles. The van der Waals surface area contributed by atoms with Crippen LogP contribution in [0.25, 0.3) is 4.96 Å². The van der Waals surface area contributed by atoms with Gasteiger partial charge in [-0.3, -0.25) is 15.7 Å². The highest BCUT2D eigenvalue weighted by Gasteiger charge is 2.14. The number of hydrazine groups is 1. The summed E-state index contributed by atoms with van der Waals surface area (Å²) < 4.78 is 15.5. The lowest BCUT2D eigenvalue weighted by molar-refractivity contribution is 0.539. The Hall–Kier alpha value is -1.76. The number of hydrogen-bond donors (Lipinski definition) is 2. The molecule has 0 bridgehead atoms. The molecule has 2 aromatic heterocycles. The van der Waals surface area contributed by atoms with Crippen LogP contribution in [0.5, 0.6) is 0 Å². The van der Waals surface area contributed by atoms with E-state index in [4.69, 9.17) is 5.84 Å². The molecule has 3 aromatic rings. The highest BCUT2D eigenvalue weighted by atomic mass is 32.1. The van der Waals surface area contributed by atoms with Crippen LogP contribution in [0.1, 0.15) is 22.9 Å². The van der Waals surface area contributed by atoms with Crippen LogP contribution in [0.3, 0.4) is 0 Å². The van der Waals surface area contributed by atoms with E-state index in [0.29, 0.717) is 6.42 Å². The van der Waals surface area contributed by atoms with Crippen molar-refractivity contribution in [1.82, 2.24) is 14.8 Å². The molecule has 0 aliphatic carbocycles. The van der Waals surface area contributed by atoms with Gasteiger partial charge in [-0.15, -0.1) is 11.3 Å².